The predicted molar refractivity (Wildman–Crippen MR) is 86.8 cm³/mol. The lowest BCUT2D eigenvalue weighted by Crippen LogP contribution is -2.25. The molecule has 2 aliphatic carbocycles. The van der Waals surface area contributed by atoms with Crippen LogP contribution in [0.15, 0.2) is 42.5 Å². The van der Waals surface area contributed by atoms with Gasteiger partial charge in [0.15, 0.2) is 5.78 Å². The van der Waals surface area contributed by atoms with Crippen LogP contribution in [-0.2, 0) is 0 Å². The van der Waals surface area contributed by atoms with E-state index in [9.17, 15) is 4.79 Å². The Morgan fingerprint density at radius 2 is 1.67 bits per heavy atom. The van der Waals surface area contributed by atoms with Gasteiger partial charge in [-0.3, -0.25) is 4.79 Å². The van der Waals surface area contributed by atoms with E-state index in [1.54, 1.807) is 0 Å². The van der Waals surface area contributed by atoms with Gasteiger partial charge in [0.05, 0.1) is 0 Å². The summed E-state index contributed by atoms with van der Waals surface area (Å²) in [6.07, 6.45) is 6.92. The van der Waals surface area contributed by atoms with Crippen LogP contribution >= 0.6 is 12.4 Å². The zero-order valence-electron chi connectivity index (χ0n) is 12.2. The summed E-state index contributed by atoms with van der Waals surface area (Å²) < 4.78 is 0. The first-order valence-corrected chi connectivity index (χ1v) is 7.80. The van der Waals surface area contributed by atoms with Crippen molar-refractivity contribution in [2.24, 2.45) is 23.7 Å². The molecule has 1 aromatic rings. The molecule has 4 rings (SSSR count). The third kappa shape index (κ3) is 2.67. The van der Waals surface area contributed by atoms with E-state index >= 15 is 0 Å². The summed E-state index contributed by atoms with van der Waals surface area (Å²) in [6, 6.07) is 9.69. The number of Topliss-reactive ketones (excluding diaryl/α,β-unsaturated/α-hetero) is 1. The van der Waals surface area contributed by atoms with Crippen LogP contribution in [0.25, 0.3) is 0 Å². The summed E-state index contributed by atoms with van der Waals surface area (Å²) in [5, 5.41) is 0. The number of likely N-dealkylation sites (tertiary alicyclic amines) is 1. The van der Waals surface area contributed by atoms with Gasteiger partial charge in [-0.1, -0.05) is 42.5 Å². The van der Waals surface area contributed by atoms with Gasteiger partial charge in [-0.25, -0.2) is 0 Å². The first-order chi connectivity index (χ1) is 9.81. The van der Waals surface area contributed by atoms with Gasteiger partial charge in [0.2, 0.25) is 0 Å². The number of fused-ring (bicyclic) bond motifs is 5. The molecule has 0 spiro atoms. The van der Waals surface area contributed by atoms with Gasteiger partial charge in [-0.15, -0.1) is 12.4 Å². The molecule has 1 aliphatic heterocycles. The number of benzene rings is 1. The van der Waals surface area contributed by atoms with Crippen molar-refractivity contribution in [2.75, 3.05) is 19.6 Å². The number of halogens is 1. The molecule has 0 aromatic heterocycles. The van der Waals surface area contributed by atoms with Gasteiger partial charge < -0.3 is 4.90 Å². The van der Waals surface area contributed by atoms with E-state index in [1.807, 2.05) is 30.3 Å². The normalized spacial score (nSPS) is 33.0. The summed E-state index contributed by atoms with van der Waals surface area (Å²) in [5.74, 6) is 3.69. The Balaban J connectivity index is 0.00000132. The Morgan fingerprint density at radius 3 is 2.29 bits per heavy atom. The molecule has 1 aromatic carbocycles. The molecule has 0 N–H and O–H groups in total. The molecule has 4 atom stereocenters. The van der Waals surface area contributed by atoms with Crippen molar-refractivity contribution in [1.82, 2.24) is 4.90 Å². The Hall–Kier alpha value is -1.12. The summed E-state index contributed by atoms with van der Waals surface area (Å²) in [6.45, 7) is 3.34. The number of carbonyl (C=O) groups excluding carboxylic acids is 1. The highest BCUT2D eigenvalue weighted by molar-refractivity contribution is 5.96. The SMILES string of the molecule is Cl.O=C(CCN1CC2C3C=CC(C3)C2C1)c1ccccc1. The van der Waals surface area contributed by atoms with Crippen LogP contribution < -0.4 is 0 Å². The minimum absolute atomic E-state index is 0. The molecule has 2 fully saturated rings. The monoisotopic (exact) mass is 303 g/mol. The average molecular weight is 304 g/mol. The van der Waals surface area contributed by atoms with Crippen LogP contribution in [-0.4, -0.2) is 30.3 Å². The number of nitrogens with zero attached hydrogens (tertiary/aromatic N) is 1. The molecule has 1 saturated heterocycles. The quantitative estimate of drug-likeness (QED) is 0.627. The van der Waals surface area contributed by atoms with Gasteiger partial charge >= 0.3 is 0 Å². The molecule has 0 radical (unpaired) electrons. The lowest BCUT2D eigenvalue weighted by atomic mass is 9.86. The maximum absolute atomic E-state index is 12.1. The fourth-order valence-corrected chi connectivity index (χ4v) is 4.45. The topological polar surface area (TPSA) is 20.3 Å². The molecule has 21 heavy (non-hydrogen) atoms. The van der Waals surface area contributed by atoms with Gasteiger partial charge in [0.25, 0.3) is 0 Å². The Morgan fingerprint density at radius 1 is 1.05 bits per heavy atom. The van der Waals surface area contributed by atoms with E-state index in [0.717, 1.165) is 35.8 Å². The molecule has 4 unspecified atom stereocenters. The molecule has 0 amide bonds. The molecule has 112 valence electrons. The lowest BCUT2D eigenvalue weighted by molar-refractivity contribution is 0.0967. The highest BCUT2D eigenvalue weighted by Gasteiger charge is 2.48. The molecule has 2 nitrogen and oxygen atoms in total. The Kier molecular flexibility index (Phi) is 4.19. The third-order valence-corrected chi connectivity index (χ3v) is 5.49. The first-order valence-electron chi connectivity index (χ1n) is 7.80. The van der Waals surface area contributed by atoms with E-state index in [2.05, 4.69) is 17.1 Å². The lowest BCUT2D eigenvalue weighted by Gasteiger charge is -2.17. The van der Waals surface area contributed by atoms with Crippen LogP contribution in [0, 0.1) is 23.7 Å². The number of rotatable bonds is 4. The number of carbonyl (C=O) groups is 1. The third-order valence-electron chi connectivity index (χ3n) is 5.49. The molecular formula is C18H22ClNO. The molecule has 1 saturated carbocycles. The van der Waals surface area contributed by atoms with Crippen molar-refractivity contribution in [3.05, 3.63) is 48.0 Å². The largest absolute Gasteiger partial charge is 0.302 e. The molecule has 2 bridgehead atoms. The van der Waals surface area contributed by atoms with E-state index < -0.39 is 0 Å². The number of ketones is 1. The van der Waals surface area contributed by atoms with Gasteiger partial charge in [-0.05, 0) is 30.1 Å². The first kappa shape index (κ1) is 14.8. The Bertz CT molecular complexity index is 521. The van der Waals surface area contributed by atoms with E-state index in [1.165, 1.54) is 19.5 Å². The molecular weight excluding hydrogens is 282 g/mol. The van der Waals surface area contributed by atoms with Crippen LogP contribution in [0.5, 0.6) is 0 Å². The second-order valence-electron chi connectivity index (χ2n) is 6.57. The second kappa shape index (κ2) is 5.94. The number of hydrogen-bond donors (Lipinski definition) is 0. The summed E-state index contributed by atoms with van der Waals surface area (Å²) in [5.41, 5.74) is 0.855. The van der Waals surface area contributed by atoms with E-state index in [-0.39, 0.29) is 18.2 Å². The summed E-state index contributed by atoms with van der Waals surface area (Å²) in [7, 11) is 0. The minimum Gasteiger partial charge on any atom is -0.302 e. The van der Waals surface area contributed by atoms with Crippen molar-refractivity contribution in [1.29, 1.82) is 0 Å². The zero-order chi connectivity index (χ0) is 13.5. The van der Waals surface area contributed by atoms with Crippen LogP contribution in [0.4, 0.5) is 0 Å². The highest BCUT2D eigenvalue weighted by Crippen LogP contribution is 2.51. The Labute approximate surface area is 132 Å². The standard InChI is InChI=1S/C18H21NO.ClH/c20-18(13-4-2-1-3-5-13)8-9-19-11-16-14-6-7-15(10-14)17(16)12-19;/h1-7,14-17H,8-12H2;1H. The van der Waals surface area contributed by atoms with Crippen molar-refractivity contribution in [3.63, 3.8) is 0 Å². The molecule has 3 aliphatic rings. The van der Waals surface area contributed by atoms with E-state index in [4.69, 9.17) is 0 Å². The second-order valence-corrected chi connectivity index (χ2v) is 6.57. The average Bonchev–Trinajstić information content (AvgIpc) is 3.18. The van der Waals surface area contributed by atoms with Crippen molar-refractivity contribution >= 4 is 18.2 Å². The van der Waals surface area contributed by atoms with Crippen LogP contribution in [0.2, 0.25) is 0 Å². The highest BCUT2D eigenvalue weighted by atomic mass is 35.5. The van der Waals surface area contributed by atoms with Crippen molar-refractivity contribution in [2.45, 2.75) is 12.8 Å². The smallest absolute Gasteiger partial charge is 0.164 e. The maximum atomic E-state index is 12.1. The van der Waals surface area contributed by atoms with Gasteiger partial charge in [0, 0.05) is 31.6 Å². The van der Waals surface area contributed by atoms with Crippen molar-refractivity contribution in [3.8, 4) is 0 Å². The number of allylic oxidation sites excluding steroid dienone is 2. The van der Waals surface area contributed by atoms with Crippen LogP contribution in [0.3, 0.4) is 0 Å². The zero-order valence-corrected chi connectivity index (χ0v) is 13.0. The number of hydrogen-bond acceptors (Lipinski definition) is 2. The minimum atomic E-state index is 0. The maximum Gasteiger partial charge on any atom is 0.164 e. The molecule has 3 heteroatoms. The van der Waals surface area contributed by atoms with Gasteiger partial charge in [-0.2, -0.15) is 0 Å². The van der Waals surface area contributed by atoms with Gasteiger partial charge in [0.1, 0.15) is 0 Å². The van der Waals surface area contributed by atoms with Crippen LogP contribution in [0.1, 0.15) is 23.2 Å². The summed E-state index contributed by atoms with van der Waals surface area (Å²) in [4.78, 5) is 14.7. The fourth-order valence-electron chi connectivity index (χ4n) is 4.45. The fraction of sp³-hybridized carbons (Fsp3) is 0.500. The molecule has 1 heterocycles. The van der Waals surface area contributed by atoms with E-state index in [0.29, 0.717) is 6.42 Å². The predicted octanol–water partition coefficient (Wildman–Crippen LogP) is 3.44. The van der Waals surface area contributed by atoms with Crippen molar-refractivity contribution < 1.29 is 4.79 Å². The summed E-state index contributed by atoms with van der Waals surface area (Å²) >= 11 is 0.